The molecule has 1 aromatic rings. The highest BCUT2D eigenvalue weighted by Gasteiger charge is 2.21. The van der Waals surface area contributed by atoms with Crippen LogP contribution in [-0.4, -0.2) is 21.4 Å². The average Bonchev–Trinajstić information content (AvgIpc) is 2.23. The van der Waals surface area contributed by atoms with Crippen molar-refractivity contribution in [3.63, 3.8) is 0 Å². The van der Waals surface area contributed by atoms with Gasteiger partial charge in [0.25, 0.3) is 0 Å². The van der Waals surface area contributed by atoms with Gasteiger partial charge in [-0.1, -0.05) is 20.8 Å². The Kier molecular flexibility index (Phi) is 4.41. The third-order valence-electron chi connectivity index (χ3n) is 2.99. The normalized spacial score (nSPS) is 12.5. The van der Waals surface area contributed by atoms with Gasteiger partial charge in [0.1, 0.15) is 5.69 Å². The van der Waals surface area contributed by atoms with E-state index in [1.807, 2.05) is 0 Å². The molecule has 1 rings (SSSR count). The molecule has 7 nitrogen and oxygen atoms in total. The molecule has 0 spiro atoms. The molecule has 3 N–H and O–H groups in total. The molecule has 7 heteroatoms. The number of nitrogens with two attached hydrogens (primary N) is 1. The van der Waals surface area contributed by atoms with Crippen LogP contribution in [0.4, 0.5) is 17.5 Å². The van der Waals surface area contributed by atoms with Crippen molar-refractivity contribution in [2.45, 2.75) is 27.7 Å². The van der Waals surface area contributed by atoms with Crippen LogP contribution in [-0.2, 0) is 0 Å². The van der Waals surface area contributed by atoms with E-state index in [2.05, 4.69) is 36.1 Å². The van der Waals surface area contributed by atoms with Crippen molar-refractivity contribution in [1.82, 2.24) is 9.97 Å². The molecule has 18 heavy (non-hydrogen) atoms. The topological polar surface area (TPSA) is 107 Å². The Labute approximate surface area is 106 Å². The summed E-state index contributed by atoms with van der Waals surface area (Å²) in [5.41, 5.74) is 5.67. The van der Waals surface area contributed by atoms with Crippen LogP contribution in [0.3, 0.4) is 0 Å². The van der Waals surface area contributed by atoms with E-state index in [4.69, 9.17) is 5.73 Å². The Morgan fingerprint density at radius 2 is 2.00 bits per heavy atom. The number of hydrogen-bond donors (Lipinski definition) is 2. The van der Waals surface area contributed by atoms with Crippen LogP contribution >= 0.6 is 0 Å². The zero-order chi connectivity index (χ0) is 13.9. The van der Waals surface area contributed by atoms with Gasteiger partial charge in [0.05, 0.1) is 4.92 Å². The van der Waals surface area contributed by atoms with E-state index in [0.717, 1.165) is 0 Å². The number of aromatic nitrogens is 2. The highest BCUT2D eigenvalue weighted by atomic mass is 16.6. The van der Waals surface area contributed by atoms with Gasteiger partial charge in [0.15, 0.2) is 0 Å². The number of nitrogen functional groups attached to an aromatic ring is 1. The number of nitrogens with zero attached hydrogens (tertiary/aromatic N) is 3. The van der Waals surface area contributed by atoms with Crippen LogP contribution < -0.4 is 11.1 Å². The summed E-state index contributed by atoms with van der Waals surface area (Å²) < 4.78 is 0. The average molecular weight is 253 g/mol. The third-order valence-corrected chi connectivity index (χ3v) is 2.99. The summed E-state index contributed by atoms with van der Waals surface area (Å²) >= 11 is 0. The number of anilines is 2. The fourth-order valence-corrected chi connectivity index (χ4v) is 1.42. The lowest BCUT2D eigenvalue weighted by atomic mass is 9.98. The van der Waals surface area contributed by atoms with Crippen molar-refractivity contribution in [3.05, 3.63) is 15.8 Å². The van der Waals surface area contributed by atoms with Gasteiger partial charge in [0.2, 0.25) is 11.8 Å². The molecule has 0 aromatic carbocycles. The van der Waals surface area contributed by atoms with E-state index in [1.54, 1.807) is 6.92 Å². The summed E-state index contributed by atoms with van der Waals surface area (Å²) in [7, 11) is 0. The van der Waals surface area contributed by atoms with Gasteiger partial charge in [-0.2, -0.15) is 4.98 Å². The summed E-state index contributed by atoms with van der Waals surface area (Å²) in [4.78, 5) is 18.2. The fourth-order valence-electron chi connectivity index (χ4n) is 1.42. The Morgan fingerprint density at radius 3 is 2.50 bits per heavy atom. The van der Waals surface area contributed by atoms with E-state index >= 15 is 0 Å². The number of nitro groups is 1. The van der Waals surface area contributed by atoms with Gasteiger partial charge >= 0.3 is 5.69 Å². The monoisotopic (exact) mass is 253 g/mol. The van der Waals surface area contributed by atoms with E-state index < -0.39 is 4.92 Å². The van der Waals surface area contributed by atoms with Crippen LogP contribution in [0.5, 0.6) is 0 Å². The van der Waals surface area contributed by atoms with E-state index in [0.29, 0.717) is 18.4 Å². The SMILES string of the molecule is Cc1nc(N)nc(NCC(C)C(C)C)c1[N+](=O)[O-]. The minimum Gasteiger partial charge on any atom is -0.368 e. The van der Waals surface area contributed by atoms with Crippen molar-refractivity contribution >= 4 is 17.5 Å². The number of hydrogen-bond acceptors (Lipinski definition) is 6. The van der Waals surface area contributed by atoms with Gasteiger partial charge in [-0.3, -0.25) is 10.1 Å². The van der Waals surface area contributed by atoms with Gasteiger partial charge in [-0.15, -0.1) is 0 Å². The van der Waals surface area contributed by atoms with Crippen molar-refractivity contribution < 1.29 is 4.92 Å². The van der Waals surface area contributed by atoms with Crippen LogP contribution in [0.15, 0.2) is 0 Å². The zero-order valence-electron chi connectivity index (χ0n) is 11.1. The molecule has 0 saturated heterocycles. The second kappa shape index (κ2) is 5.61. The standard InChI is InChI=1S/C11H19N5O2/c1-6(2)7(3)5-13-10-9(16(17)18)8(4)14-11(12)15-10/h6-7H,5H2,1-4H3,(H3,12,13,14,15). The molecule has 0 aliphatic carbocycles. The third kappa shape index (κ3) is 3.28. The second-order valence-electron chi connectivity index (χ2n) is 4.72. The summed E-state index contributed by atoms with van der Waals surface area (Å²) in [5, 5.41) is 14.0. The molecule has 1 aromatic heterocycles. The molecule has 0 aliphatic heterocycles. The maximum Gasteiger partial charge on any atom is 0.332 e. The summed E-state index contributed by atoms with van der Waals surface area (Å²) in [6, 6.07) is 0. The molecule has 0 amide bonds. The molecule has 1 unspecified atom stereocenters. The minimum absolute atomic E-state index is 0.0396. The lowest BCUT2D eigenvalue weighted by Crippen LogP contribution is -2.18. The molecule has 0 radical (unpaired) electrons. The Morgan fingerprint density at radius 1 is 1.39 bits per heavy atom. The summed E-state index contributed by atoms with van der Waals surface area (Å²) in [6.07, 6.45) is 0. The van der Waals surface area contributed by atoms with E-state index in [1.165, 1.54) is 0 Å². The highest BCUT2D eigenvalue weighted by Crippen LogP contribution is 2.26. The van der Waals surface area contributed by atoms with E-state index in [9.17, 15) is 10.1 Å². The summed E-state index contributed by atoms with van der Waals surface area (Å²) in [5.74, 6) is 1.09. The largest absolute Gasteiger partial charge is 0.368 e. The Balaban J connectivity index is 2.97. The van der Waals surface area contributed by atoms with Gasteiger partial charge < -0.3 is 11.1 Å². The minimum atomic E-state index is -0.489. The lowest BCUT2D eigenvalue weighted by molar-refractivity contribution is -0.385. The van der Waals surface area contributed by atoms with Crippen molar-refractivity contribution in [1.29, 1.82) is 0 Å². The molecule has 0 bridgehead atoms. The van der Waals surface area contributed by atoms with Crippen molar-refractivity contribution in [2.75, 3.05) is 17.6 Å². The number of rotatable bonds is 5. The van der Waals surface area contributed by atoms with Crippen molar-refractivity contribution in [3.8, 4) is 0 Å². The summed E-state index contributed by atoms with van der Waals surface area (Å²) in [6.45, 7) is 8.42. The molecule has 0 saturated carbocycles. The van der Waals surface area contributed by atoms with Gasteiger partial charge in [-0.05, 0) is 18.8 Å². The first-order chi connectivity index (χ1) is 8.32. The molecule has 0 aliphatic rings. The molecule has 1 heterocycles. The molecular weight excluding hydrogens is 234 g/mol. The Hall–Kier alpha value is -1.92. The smallest absolute Gasteiger partial charge is 0.332 e. The second-order valence-corrected chi connectivity index (χ2v) is 4.72. The quantitative estimate of drug-likeness (QED) is 0.613. The maximum atomic E-state index is 11.0. The van der Waals surface area contributed by atoms with E-state index in [-0.39, 0.29) is 23.1 Å². The number of nitrogens with one attached hydrogen (secondary N) is 1. The van der Waals surface area contributed by atoms with Crippen LogP contribution in [0.2, 0.25) is 0 Å². The molecule has 0 fully saturated rings. The predicted molar refractivity (Wildman–Crippen MR) is 70.3 cm³/mol. The van der Waals surface area contributed by atoms with Crippen molar-refractivity contribution in [2.24, 2.45) is 11.8 Å². The van der Waals surface area contributed by atoms with Gasteiger partial charge in [0, 0.05) is 6.54 Å². The van der Waals surface area contributed by atoms with Crippen LogP contribution in [0.25, 0.3) is 0 Å². The lowest BCUT2D eigenvalue weighted by Gasteiger charge is -2.16. The number of aryl methyl sites for hydroxylation is 1. The first kappa shape index (κ1) is 14.1. The zero-order valence-corrected chi connectivity index (χ0v) is 11.1. The van der Waals surface area contributed by atoms with Gasteiger partial charge in [-0.25, -0.2) is 4.98 Å². The first-order valence-corrected chi connectivity index (χ1v) is 5.85. The van der Waals surface area contributed by atoms with Crippen LogP contribution in [0, 0.1) is 28.9 Å². The Bertz CT molecular complexity index is 447. The van der Waals surface area contributed by atoms with Crippen LogP contribution in [0.1, 0.15) is 26.5 Å². The fraction of sp³-hybridized carbons (Fsp3) is 0.636. The molecular formula is C11H19N5O2. The highest BCUT2D eigenvalue weighted by molar-refractivity contribution is 5.60. The maximum absolute atomic E-state index is 11.0. The molecule has 1 atom stereocenters. The molecule has 100 valence electrons. The first-order valence-electron chi connectivity index (χ1n) is 5.85. The predicted octanol–water partition coefficient (Wildman–Crippen LogP) is 1.98.